The Morgan fingerprint density at radius 2 is 1.38 bits per heavy atom. The Hall–Kier alpha value is -2.37. The molecule has 1 N–H and O–H groups in total. The van der Waals surface area contributed by atoms with Gasteiger partial charge in [0.05, 0.1) is 0 Å². The highest BCUT2D eigenvalue weighted by Crippen LogP contribution is 2.56. The van der Waals surface area contributed by atoms with Gasteiger partial charge in [0.25, 0.3) is 6.29 Å². The smallest absolute Gasteiger partial charge is 0.373 e. The van der Waals surface area contributed by atoms with Crippen LogP contribution in [-0.2, 0) is 15.1 Å². The first-order chi connectivity index (χ1) is 16.5. The zero-order chi connectivity index (χ0) is 23.7. The van der Waals surface area contributed by atoms with Crippen LogP contribution < -0.4 is 4.74 Å². The molecule has 2 fully saturated rings. The van der Waals surface area contributed by atoms with E-state index in [1.807, 2.05) is 6.07 Å². The molecule has 5 rings (SSSR count). The second kappa shape index (κ2) is 9.71. The van der Waals surface area contributed by atoms with E-state index in [1.54, 1.807) is 36.4 Å². The van der Waals surface area contributed by atoms with Crippen LogP contribution in [0.5, 0.6) is 5.75 Å². The third-order valence-corrected chi connectivity index (χ3v) is 8.18. The minimum absolute atomic E-state index is 0.0963. The summed E-state index contributed by atoms with van der Waals surface area (Å²) in [6.45, 7) is 0. The van der Waals surface area contributed by atoms with Gasteiger partial charge in [-0.1, -0.05) is 50.1 Å². The Labute approximate surface area is 205 Å². The van der Waals surface area contributed by atoms with Gasteiger partial charge in [0.1, 0.15) is 11.4 Å². The van der Waals surface area contributed by atoms with Gasteiger partial charge < -0.3 is 14.6 Å². The Balaban J connectivity index is 1.64. The van der Waals surface area contributed by atoms with Gasteiger partial charge in [-0.25, -0.2) is 4.79 Å². The number of benzene rings is 2. The van der Waals surface area contributed by atoms with Crippen molar-refractivity contribution in [2.45, 2.75) is 76.1 Å². The molecule has 0 saturated heterocycles. The van der Waals surface area contributed by atoms with Crippen molar-refractivity contribution in [1.82, 2.24) is 0 Å². The van der Waals surface area contributed by atoms with Crippen molar-refractivity contribution < 1.29 is 24.2 Å². The molecule has 1 unspecified atom stereocenters. The average Bonchev–Trinajstić information content (AvgIpc) is 2.88. The number of carboxylic acids is 1. The zero-order valence-electron chi connectivity index (χ0n) is 19.3. The maximum atomic E-state index is 13.4. The minimum atomic E-state index is -1.34. The molecule has 1 atom stereocenters. The molecule has 2 aromatic rings. The van der Waals surface area contributed by atoms with Crippen LogP contribution in [-0.4, -0.2) is 23.1 Å². The SMILES string of the molecule is O=C(c1ccc(Cl)cc1)c1ccc2c(c1)C(C1CCCCC1)(C1CCCCC1)OC(C(=O)O)O2. The Morgan fingerprint density at radius 1 is 0.824 bits per heavy atom. The molecule has 2 saturated carbocycles. The monoisotopic (exact) mass is 482 g/mol. The molecule has 6 heteroatoms. The normalized spacial score (nSPS) is 23.0. The van der Waals surface area contributed by atoms with Gasteiger partial charge in [-0.3, -0.25) is 4.79 Å². The number of rotatable bonds is 5. The van der Waals surface area contributed by atoms with E-state index < -0.39 is 17.9 Å². The van der Waals surface area contributed by atoms with E-state index >= 15 is 0 Å². The van der Waals surface area contributed by atoms with E-state index in [0.29, 0.717) is 21.9 Å². The number of aliphatic carboxylic acids is 1. The van der Waals surface area contributed by atoms with Gasteiger partial charge in [0, 0.05) is 21.7 Å². The van der Waals surface area contributed by atoms with Crippen molar-refractivity contribution in [2.75, 3.05) is 0 Å². The van der Waals surface area contributed by atoms with Gasteiger partial charge >= 0.3 is 5.97 Å². The number of hydrogen-bond acceptors (Lipinski definition) is 4. The molecule has 5 nitrogen and oxygen atoms in total. The van der Waals surface area contributed by atoms with Crippen LogP contribution in [0.2, 0.25) is 5.02 Å². The molecule has 34 heavy (non-hydrogen) atoms. The molecule has 0 amide bonds. The van der Waals surface area contributed by atoms with E-state index in [1.165, 1.54) is 12.8 Å². The fourth-order valence-electron chi connectivity index (χ4n) is 6.36. The Bertz CT molecular complexity index is 1030. The lowest BCUT2D eigenvalue weighted by Crippen LogP contribution is -2.54. The van der Waals surface area contributed by atoms with Crippen LogP contribution in [0, 0.1) is 11.8 Å². The van der Waals surface area contributed by atoms with E-state index in [-0.39, 0.29) is 17.6 Å². The lowest BCUT2D eigenvalue weighted by atomic mass is 9.62. The van der Waals surface area contributed by atoms with Crippen molar-refractivity contribution >= 4 is 23.4 Å². The first kappa shape index (κ1) is 23.4. The fraction of sp³-hybridized carbons (Fsp3) is 0.500. The van der Waals surface area contributed by atoms with Crippen LogP contribution in [0.3, 0.4) is 0 Å². The maximum absolute atomic E-state index is 13.4. The summed E-state index contributed by atoms with van der Waals surface area (Å²) in [5.41, 5.74) is 1.21. The van der Waals surface area contributed by atoms with Crippen molar-refractivity contribution in [1.29, 1.82) is 0 Å². The largest absolute Gasteiger partial charge is 0.477 e. The average molecular weight is 483 g/mol. The topological polar surface area (TPSA) is 72.8 Å². The predicted molar refractivity (Wildman–Crippen MR) is 129 cm³/mol. The number of halogens is 1. The lowest BCUT2D eigenvalue weighted by molar-refractivity contribution is -0.252. The van der Waals surface area contributed by atoms with Gasteiger partial charge in [-0.2, -0.15) is 0 Å². The summed E-state index contributed by atoms with van der Waals surface area (Å²) >= 11 is 6.01. The standard InChI is InChI=1S/C28H31ClO5/c29-22-14-11-18(12-15-22)25(30)19-13-16-24-23(17-19)28(20-7-3-1-4-8-20,21-9-5-2-6-10-21)34-27(33-24)26(31)32/h11-17,20-21,27H,1-10H2,(H,31,32). The summed E-state index contributed by atoms with van der Waals surface area (Å²) < 4.78 is 12.4. The molecular formula is C28H31ClO5. The second-order valence-electron chi connectivity index (χ2n) is 9.92. The predicted octanol–water partition coefficient (Wildman–Crippen LogP) is 6.75. The highest BCUT2D eigenvalue weighted by molar-refractivity contribution is 6.30. The third-order valence-electron chi connectivity index (χ3n) is 7.93. The Morgan fingerprint density at radius 3 is 1.94 bits per heavy atom. The summed E-state index contributed by atoms with van der Waals surface area (Å²) in [5, 5.41) is 10.5. The number of fused-ring (bicyclic) bond motifs is 1. The van der Waals surface area contributed by atoms with E-state index in [2.05, 4.69) is 0 Å². The molecule has 3 aliphatic rings. The molecular weight excluding hydrogens is 452 g/mol. The number of ketones is 1. The highest BCUT2D eigenvalue weighted by Gasteiger charge is 2.54. The molecule has 2 aromatic carbocycles. The van der Waals surface area contributed by atoms with Crippen molar-refractivity contribution in [3.8, 4) is 5.75 Å². The highest BCUT2D eigenvalue weighted by atomic mass is 35.5. The summed E-state index contributed by atoms with van der Waals surface area (Å²) in [6.07, 6.45) is 9.48. The zero-order valence-corrected chi connectivity index (χ0v) is 20.1. The van der Waals surface area contributed by atoms with Crippen molar-refractivity contribution in [3.63, 3.8) is 0 Å². The number of hydrogen-bond donors (Lipinski definition) is 1. The molecule has 1 heterocycles. The van der Waals surface area contributed by atoms with Crippen LogP contribution in [0.4, 0.5) is 0 Å². The van der Waals surface area contributed by atoms with Crippen LogP contribution >= 0.6 is 11.6 Å². The lowest BCUT2D eigenvalue weighted by Gasteiger charge is -2.52. The Kier molecular flexibility index (Phi) is 6.67. The summed E-state index contributed by atoms with van der Waals surface area (Å²) in [7, 11) is 0. The molecule has 0 spiro atoms. The van der Waals surface area contributed by atoms with Crippen molar-refractivity contribution in [2.24, 2.45) is 11.8 Å². The molecule has 1 aliphatic heterocycles. The summed E-state index contributed by atoms with van der Waals surface area (Å²) in [4.78, 5) is 25.5. The fourth-order valence-corrected chi connectivity index (χ4v) is 6.48. The van der Waals surface area contributed by atoms with E-state index in [0.717, 1.165) is 56.9 Å². The maximum Gasteiger partial charge on any atom is 0.373 e. The van der Waals surface area contributed by atoms with Gasteiger partial charge in [0.2, 0.25) is 0 Å². The van der Waals surface area contributed by atoms with Gasteiger partial charge in [-0.05, 0) is 80.0 Å². The van der Waals surface area contributed by atoms with Gasteiger partial charge in [0.15, 0.2) is 5.78 Å². The first-order valence-corrected chi connectivity index (χ1v) is 12.9. The summed E-state index contributed by atoms with van der Waals surface area (Å²) in [5.74, 6) is -0.268. The number of carboxylic acid groups (broad SMARTS) is 1. The van der Waals surface area contributed by atoms with Crippen LogP contribution in [0.25, 0.3) is 0 Å². The van der Waals surface area contributed by atoms with E-state index in [9.17, 15) is 14.7 Å². The molecule has 180 valence electrons. The minimum Gasteiger partial charge on any atom is -0.477 e. The second-order valence-corrected chi connectivity index (χ2v) is 10.4. The number of carbonyl (C=O) groups is 2. The first-order valence-electron chi connectivity index (χ1n) is 12.5. The molecule has 0 aromatic heterocycles. The molecule has 0 radical (unpaired) electrons. The van der Waals surface area contributed by atoms with Gasteiger partial charge in [-0.15, -0.1) is 0 Å². The number of ether oxygens (including phenoxy) is 2. The molecule has 0 bridgehead atoms. The van der Waals surface area contributed by atoms with E-state index in [4.69, 9.17) is 21.1 Å². The van der Waals surface area contributed by atoms with Crippen LogP contribution in [0.15, 0.2) is 42.5 Å². The molecule has 2 aliphatic carbocycles. The number of carbonyl (C=O) groups excluding carboxylic acids is 1. The summed E-state index contributed by atoms with van der Waals surface area (Å²) in [6, 6.07) is 12.3. The van der Waals surface area contributed by atoms with Crippen molar-refractivity contribution in [3.05, 3.63) is 64.2 Å². The third kappa shape index (κ3) is 4.25. The van der Waals surface area contributed by atoms with Crippen LogP contribution in [0.1, 0.15) is 85.7 Å². The quantitative estimate of drug-likeness (QED) is 0.477.